The zero-order chi connectivity index (χ0) is 23.8. The number of hydrogen-bond acceptors (Lipinski definition) is 4. The molecular formula is C27H32N4O3. The second-order valence-corrected chi connectivity index (χ2v) is 9.63. The molecule has 2 aromatic carbocycles. The number of aryl methyl sites for hydroxylation is 1. The number of aromatic nitrogens is 2. The predicted octanol–water partition coefficient (Wildman–Crippen LogP) is 4.75. The maximum atomic E-state index is 12.6. The fourth-order valence-electron chi connectivity index (χ4n) is 5.75. The van der Waals surface area contributed by atoms with E-state index in [2.05, 4.69) is 41.8 Å². The smallest absolute Gasteiger partial charge is 0.414 e. The first-order chi connectivity index (χ1) is 16.5. The van der Waals surface area contributed by atoms with E-state index in [0.29, 0.717) is 0 Å². The van der Waals surface area contributed by atoms with Gasteiger partial charge in [-0.1, -0.05) is 30.3 Å². The first-order valence-electron chi connectivity index (χ1n) is 12.2. The van der Waals surface area contributed by atoms with Crippen molar-refractivity contribution >= 4 is 28.7 Å². The maximum absolute atomic E-state index is 12.6. The number of anilines is 1. The molecule has 0 spiro atoms. The van der Waals surface area contributed by atoms with Crippen LogP contribution in [-0.2, 0) is 22.4 Å². The summed E-state index contributed by atoms with van der Waals surface area (Å²) < 4.78 is 7.47. The summed E-state index contributed by atoms with van der Waals surface area (Å²) >= 11 is 0. The number of rotatable bonds is 4. The summed E-state index contributed by atoms with van der Waals surface area (Å²) in [5.74, 6) is 0.802. The number of ether oxygens (including phenoxy) is 1. The molecule has 1 saturated carbocycles. The van der Waals surface area contributed by atoms with Gasteiger partial charge in [-0.3, -0.25) is 9.69 Å². The minimum Gasteiger partial charge on any atom is -0.452 e. The van der Waals surface area contributed by atoms with E-state index in [0.717, 1.165) is 73.1 Å². The van der Waals surface area contributed by atoms with E-state index in [1.54, 1.807) is 4.90 Å². The Hall–Kier alpha value is -3.35. The van der Waals surface area contributed by atoms with Crippen LogP contribution in [0.25, 0.3) is 11.0 Å². The monoisotopic (exact) mass is 460 g/mol. The molecule has 7 nitrogen and oxygen atoms in total. The van der Waals surface area contributed by atoms with Crippen LogP contribution in [0.1, 0.15) is 62.0 Å². The summed E-state index contributed by atoms with van der Waals surface area (Å²) in [5, 5.41) is 0. The number of imidazole rings is 1. The van der Waals surface area contributed by atoms with Gasteiger partial charge in [-0.2, -0.15) is 0 Å². The third kappa shape index (κ3) is 3.93. The second kappa shape index (κ2) is 9.12. The van der Waals surface area contributed by atoms with Gasteiger partial charge in [0.15, 0.2) is 0 Å². The molecule has 3 aromatic rings. The molecule has 1 fully saturated rings. The number of hydrogen-bond donors (Lipinski definition) is 1. The molecule has 2 N–H and O–H groups in total. The lowest BCUT2D eigenvalue weighted by Crippen LogP contribution is -2.42. The van der Waals surface area contributed by atoms with E-state index < -0.39 is 0 Å². The van der Waals surface area contributed by atoms with Crippen molar-refractivity contribution in [3.05, 3.63) is 59.4 Å². The van der Waals surface area contributed by atoms with Gasteiger partial charge in [0.05, 0.1) is 23.8 Å². The van der Waals surface area contributed by atoms with Gasteiger partial charge in [-0.25, -0.2) is 9.78 Å². The van der Waals surface area contributed by atoms with Crippen molar-refractivity contribution in [1.29, 1.82) is 0 Å². The number of nitrogens with zero attached hydrogens (tertiary/aromatic N) is 3. The van der Waals surface area contributed by atoms with E-state index in [1.165, 1.54) is 12.7 Å². The van der Waals surface area contributed by atoms with Crippen LogP contribution in [0.5, 0.6) is 0 Å². The molecule has 7 heteroatoms. The molecule has 1 aliphatic carbocycles. The lowest BCUT2D eigenvalue weighted by molar-refractivity contribution is -0.122. The lowest BCUT2D eigenvalue weighted by Gasteiger charge is -2.34. The van der Waals surface area contributed by atoms with Gasteiger partial charge >= 0.3 is 6.09 Å². The van der Waals surface area contributed by atoms with Crippen LogP contribution in [0.4, 0.5) is 10.5 Å². The molecule has 1 aromatic heterocycles. The molecule has 0 saturated heterocycles. The normalized spacial score (nSPS) is 22.4. The summed E-state index contributed by atoms with van der Waals surface area (Å²) in [5.41, 5.74) is 10.9. The lowest BCUT2D eigenvalue weighted by atomic mass is 9.85. The number of benzene rings is 2. The van der Waals surface area contributed by atoms with Gasteiger partial charge in [0.2, 0.25) is 5.91 Å². The molecule has 2 aliphatic rings. The topological polar surface area (TPSA) is 90.4 Å². The van der Waals surface area contributed by atoms with Gasteiger partial charge in [0.1, 0.15) is 5.82 Å². The number of fused-ring (bicyclic) bond motifs is 3. The maximum Gasteiger partial charge on any atom is 0.414 e. The van der Waals surface area contributed by atoms with Crippen molar-refractivity contribution in [1.82, 2.24) is 9.55 Å². The molecule has 34 heavy (non-hydrogen) atoms. The second-order valence-electron chi connectivity index (χ2n) is 9.63. The molecule has 0 unspecified atom stereocenters. The van der Waals surface area contributed by atoms with Crippen molar-refractivity contribution in [3.63, 3.8) is 0 Å². The van der Waals surface area contributed by atoms with E-state index in [9.17, 15) is 9.59 Å². The van der Waals surface area contributed by atoms with Crippen LogP contribution in [0.2, 0.25) is 0 Å². The number of primary amides is 1. The summed E-state index contributed by atoms with van der Waals surface area (Å²) in [4.78, 5) is 31.2. The Morgan fingerprint density at radius 1 is 1.06 bits per heavy atom. The molecule has 2 heterocycles. The van der Waals surface area contributed by atoms with Crippen LogP contribution in [0, 0.1) is 5.92 Å². The first kappa shape index (κ1) is 22.4. The predicted molar refractivity (Wildman–Crippen MR) is 132 cm³/mol. The largest absolute Gasteiger partial charge is 0.452 e. The zero-order valence-electron chi connectivity index (χ0n) is 19.9. The Morgan fingerprint density at radius 2 is 1.79 bits per heavy atom. The average molecular weight is 461 g/mol. The SMILES string of the molecule is COC(=O)N1c2ccc3c(nc(Cc4ccccc4)n3[C@H]3CC[C@@H](C(N)=O)CC3)c2CC[C@@H]1C. The molecule has 0 bridgehead atoms. The Morgan fingerprint density at radius 3 is 2.47 bits per heavy atom. The molecule has 2 amide bonds. The van der Waals surface area contributed by atoms with Gasteiger partial charge < -0.3 is 15.0 Å². The highest BCUT2D eigenvalue weighted by Crippen LogP contribution is 2.40. The first-order valence-corrected chi connectivity index (χ1v) is 12.2. The summed E-state index contributed by atoms with van der Waals surface area (Å²) in [7, 11) is 1.43. The number of carbonyl (C=O) groups excluding carboxylic acids is 2. The average Bonchev–Trinajstić information content (AvgIpc) is 3.22. The molecule has 5 rings (SSSR count). The van der Waals surface area contributed by atoms with Crippen LogP contribution in [0.15, 0.2) is 42.5 Å². The van der Waals surface area contributed by atoms with Gasteiger partial charge in [0.25, 0.3) is 0 Å². The standard InChI is InChI=1S/C27H32N4O3/c1-17-8-13-21-22(30(17)27(33)34-2)14-15-23-25(21)29-24(16-18-6-4-3-5-7-18)31(23)20-11-9-19(10-12-20)26(28)32/h3-7,14-15,17,19-20H,8-13,16H2,1-2H3,(H2,28,32)/t17-,19-,20+/m0/s1. The van der Waals surface area contributed by atoms with Crippen molar-refractivity contribution in [2.75, 3.05) is 12.0 Å². The minimum absolute atomic E-state index is 0.0357. The fraction of sp³-hybridized carbons (Fsp3) is 0.444. The van der Waals surface area contributed by atoms with Crippen LogP contribution in [0.3, 0.4) is 0 Å². The van der Waals surface area contributed by atoms with Crippen LogP contribution >= 0.6 is 0 Å². The van der Waals surface area contributed by atoms with E-state index in [-0.39, 0.29) is 30.0 Å². The number of nitrogens with two attached hydrogens (primary N) is 1. The molecule has 178 valence electrons. The van der Waals surface area contributed by atoms with Gasteiger partial charge in [0, 0.05) is 30.0 Å². The Balaban J connectivity index is 1.61. The summed E-state index contributed by atoms with van der Waals surface area (Å²) in [6.45, 7) is 2.06. The Kier molecular flexibility index (Phi) is 6.02. The molecule has 1 atom stereocenters. The number of carbonyl (C=O) groups is 2. The van der Waals surface area contributed by atoms with Gasteiger partial charge in [-0.05, 0) is 63.1 Å². The highest BCUT2D eigenvalue weighted by atomic mass is 16.5. The number of methoxy groups -OCH3 is 1. The Bertz CT molecular complexity index is 1210. The molecule has 1 aliphatic heterocycles. The van der Waals surface area contributed by atoms with E-state index >= 15 is 0 Å². The molecular weight excluding hydrogens is 428 g/mol. The minimum atomic E-state index is -0.332. The van der Waals surface area contributed by atoms with E-state index in [4.69, 9.17) is 15.5 Å². The quantitative estimate of drug-likeness (QED) is 0.608. The van der Waals surface area contributed by atoms with Crippen LogP contribution in [-0.4, -0.2) is 34.7 Å². The van der Waals surface area contributed by atoms with E-state index in [1.807, 2.05) is 12.1 Å². The third-order valence-corrected chi connectivity index (χ3v) is 7.57. The highest BCUT2D eigenvalue weighted by Gasteiger charge is 2.33. The van der Waals surface area contributed by atoms with Crippen molar-refractivity contribution < 1.29 is 14.3 Å². The molecule has 0 radical (unpaired) electrons. The van der Waals surface area contributed by atoms with Gasteiger partial charge in [-0.15, -0.1) is 0 Å². The van der Waals surface area contributed by atoms with Crippen molar-refractivity contribution in [2.24, 2.45) is 11.7 Å². The van der Waals surface area contributed by atoms with Crippen molar-refractivity contribution in [3.8, 4) is 0 Å². The summed E-state index contributed by atoms with van der Waals surface area (Å²) in [6, 6.07) is 14.9. The Labute approximate surface area is 199 Å². The fourth-order valence-corrected chi connectivity index (χ4v) is 5.75. The van der Waals surface area contributed by atoms with Crippen LogP contribution < -0.4 is 10.6 Å². The summed E-state index contributed by atoms with van der Waals surface area (Å²) in [6.07, 6.45) is 5.57. The highest BCUT2D eigenvalue weighted by molar-refractivity contribution is 5.95. The third-order valence-electron chi connectivity index (χ3n) is 7.57. The number of amides is 2. The zero-order valence-corrected chi connectivity index (χ0v) is 19.9. The van der Waals surface area contributed by atoms with Crippen molar-refractivity contribution in [2.45, 2.75) is 64.0 Å².